The number of nitrogens with zero attached hydrogens (tertiary/aromatic N) is 6. The summed E-state index contributed by atoms with van der Waals surface area (Å²) >= 11 is 0. The highest BCUT2D eigenvalue weighted by Gasteiger charge is 2.25. The molecule has 1 atom stereocenters. The number of amides is 1. The number of piperidine rings is 1. The van der Waals surface area contributed by atoms with Crippen molar-refractivity contribution in [2.45, 2.75) is 12.8 Å². The van der Waals surface area contributed by atoms with E-state index in [0.717, 1.165) is 12.8 Å². The second kappa shape index (κ2) is 8.89. The van der Waals surface area contributed by atoms with Crippen molar-refractivity contribution in [3.05, 3.63) is 60.8 Å². The van der Waals surface area contributed by atoms with Crippen LogP contribution in [0, 0.1) is 5.92 Å². The van der Waals surface area contributed by atoms with Gasteiger partial charge in [0, 0.05) is 49.9 Å². The summed E-state index contributed by atoms with van der Waals surface area (Å²) in [6.07, 6.45) is 8.06. The molecule has 33 heavy (non-hydrogen) atoms. The number of benzene rings is 1. The Bertz CT molecular complexity index is 1290. The fraction of sp³-hybridized carbons (Fsp3) is 0.261. The first-order valence-corrected chi connectivity index (χ1v) is 10.8. The lowest BCUT2D eigenvalue weighted by molar-refractivity contribution is 0.0673. The third-order valence-corrected chi connectivity index (χ3v) is 5.84. The number of carbonyl (C=O) groups excluding carboxylic acids is 1. The lowest BCUT2D eigenvalue weighted by Gasteiger charge is -2.32. The van der Waals surface area contributed by atoms with Gasteiger partial charge >= 0.3 is 0 Å². The molecule has 1 aromatic carbocycles. The highest BCUT2D eigenvalue weighted by Crippen LogP contribution is 2.29. The first-order chi connectivity index (χ1) is 16.1. The van der Waals surface area contributed by atoms with Gasteiger partial charge in [0.15, 0.2) is 5.65 Å². The largest absolute Gasteiger partial charge is 0.507 e. The summed E-state index contributed by atoms with van der Waals surface area (Å²) in [4.78, 5) is 27.3. The first kappa shape index (κ1) is 20.9. The second-order valence-corrected chi connectivity index (χ2v) is 8.11. The van der Waals surface area contributed by atoms with Crippen LogP contribution in [0.1, 0.15) is 23.3 Å². The zero-order chi connectivity index (χ0) is 22.8. The molecule has 0 saturated carbocycles. The molecule has 164 valence electrons. The van der Waals surface area contributed by atoms with Crippen molar-refractivity contribution in [2.24, 2.45) is 5.92 Å². The Morgan fingerprint density at radius 3 is 2.94 bits per heavy atom. The Morgan fingerprint density at radius 1 is 1.24 bits per heavy atom. The average molecular weight is 439 g/mol. The molecular formula is C23H22BN7O2. The Balaban J connectivity index is 1.36. The van der Waals surface area contributed by atoms with Crippen LogP contribution in [-0.2, 0) is 0 Å². The number of phenolic OH excluding ortho intramolecular Hbond substituents is 1. The average Bonchev–Trinajstić information content (AvgIpc) is 3.24. The summed E-state index contributed by atoms with van der Waals surface area (Å²) in [6, 6.07) is 8.89. The lowest BCUT2D eigenvalue weighted by atomic mass is 9.97. The summed E-state index contributed by atoms with van der Waals surface area (Å²) in [5.41, 5.74) is 2.54. The second-order valence-electron chi connectivity index (χ2n) is 8.11. The van der Waals surface area contributed by atoms with E-state index in [1.165, 1.54) is 12.4 Å². The third kappa shape index (κ3) is 4.24. The number of aromatic nitrogens is 5. The zero-order valence-electron chi connectivity index (χ0n) is 17.9. The summed E-state index contributed by atoms with van der Waals surface area (Å²) in [7, 11) is 6.08. The van der Waals surface area contributed by atoms with Gasteiger partial charge in [0.05, 0.1) is 11.9 Å². The molecule has 1 amide bonds. The molecule has 1 aliphatic heterocycles. The van der Waals surface area contributed by atoms with Gasteiger partial charge in [-0.05, 0) is 36.4 Å². The van der Waals surface area contributed by atoms with Crippen LogP contribution in [0.5, 0.6) is 5.75 Å². The molecule has 0 spiro atoms. The van der Waals surface area contributed by atoms with Crippen LogP contribution in [-0.4, -0.2) is 68.0 Å². The summed E-state index contributed by atoms with van der Waals surface area (Å²) in [6.45, 7) is 1.98. The number of hydrogen-bond donors (Lipinski definition) is 2. The number of aromatic hydroxyl groups is 1. The predicted octanol–water partition coefficient (Wildman–Crippen LogP) is 1.65. The molecule has 0 aliphatic carbocycles. The van der Waals surface area contributed by atoms with Gasteiger partial charge in [-0.2, -0.15) is 9.61 Å². The van der Waals surface area contributed by atoms with Gasteiger partial charge in [0.2, 0.25) is 0 Å². The van der Waals surface area contributed by atoms with E-state index in [4.69, 9.17) is 7.85 Å². The Morgan fingerprint density at radius 2 is 2.12 bits per heavy atom. The monoisotopic (exact) mass is 439 g/mol. The van der Waals surface area contributed by atoms with E-state index in [0.29, 0.717) is 53.5 Å². The molecule has 3 aromatic heterocycles. The van der Waals surface area contributed by atoms with Crippen molar-refractivity contribution in [3.8, 4) is 17.0 Å². The number of phenols is 1. The van der Waals surface area contributed by atoms with Gasteiger partial charge in [-0.15, -0.1) is 0 Å². The van der Waals surface area contributed by atoms with Gasteiger partial charge in [0.25, 0.3) is 5.91 Å². The Labute approximate surface area is 191 Å². The fourth-order valence-corrected chi connectivity index (χ4v) is 4.17. The standard InChI is InChI=1S/C23H22BN7O2/c24-17-12-28-31-21(10-18(29-22(17)31)16-5-1-2-6-20(16)32)27-11-15-4-3-9-30(14-15)23(33)19-13-25-7-8-26-19/h1-2,5-8,10,12-13,15,27,32H,3-4,9,11,14H2. The zero-order valence-corrected chi connectivity index (χ0v) is 17.9. The molecule has 4 heterocycles. The molecule has 1 aliphatic rings. The van der Waals surface area contributed by atoms with E-state index in [1.54, 1.807) is 29.0 Å². The highest BCUT2D eigenvalue weighted by atomic mass is 16.3. The number of likely N-dealkylation sites (tertiary alicyclic amines) is 1. The number of fused-ring (bicyclic) bond motifs is 1. The van der Waals surface area contributed by atoms with E-state index < -0.39 is 0 Å². The third-order valence-electron chi connectivity index (χ3n) is 5.84. The maximum Gasteiger partial charge on any atom is 0.274 e. The Kier molecular flexibility index (Phi) is 5.64. The van der Waals surface area contributed by atoms with Gasteiger partial charge in [-0.25, -0.2) is 9.97 Å². The molecular weight excluding hydrogens is 417 g/mol. The molecule has 4 aromatic rings. The minimum atomic E-state index is -0.0965. The molecule has 1 saturated heterocycles. The number of carbonyl (C=O) groups is 1. The maximum absolute atomic E-state index is 12.8. The van der Waals surface area contributed by atoms with Crippen LogP contribution in [0.3, 0.4) is 0 Å². The van der Waals surface area contributed by atoms with E-state index in [1.807, 2.05) is 23.1 Å². The van der Waals surface area contributed by atoms with E-state index in [9.17, 15) is 9.90 Å². The molecule has 0 bridgehead atoms. The van der Waals surface area contributed by atoms with Crippen LogP contribution in [0.2, 0.25) is 0 Å². The van der Waals surface area contributed by atoms with Crippen molar-refractivity contribution < 1.29 is 9.90 Å². The molecule has 5 rings (SSSR count). The number of rotatable bonds is 5. The van der Waals surface area contributed by atoms with Gasteiger partial charge in [0.1, 0.15) is 25.1 Å². The van der Waals surface area contributed by atoms with Crippen LogP contribution < -0.4 is 10.8 Å². The van der Waals surface area contributed by atoms with Crippen LogP contribution in [0.15, 0.2) is 55.1 Å². The molecule has 2 radical (unpaired) electrons. The van der Waals surface area contributed by atoms with Gasteiger partial charge < -0.3 is 15.3 Å². The van der Waals surface area contributed by atoms with Crippen LogP contribution in [0.25, 0.3) is 16.9 Å². The number of para-hydroxylation sites is 1. The van der Waals surface area contributed by atoms with Gasteiger partial charge in [-0.3, -0.25) is 9.78 Å². The minimum absolute atomic E-state index is 0.0965. The van der Waals surface area contributed by atoms with Crippen molar-refractivity contribution in [2.75, 3.05) is 25.0 Å². The number of nitrogens with one attached hydrogen (secondary N) is 1. The first-order valence-electron chi connectivity index (χ1n) is 10.8. The maximum atomic E-state index is 12.8. The SMILES string of the molecule is [B]c1cnn2c(NCC3CCCN(C(=O)c4cnccn4)C3)cc(-c3ccccc3O)nc12. The van der Waals surface area contributed by atoms with Crippen molar-refractivity contribution in [1.29, 1.82) is 0 Å². The molecule has 1 fully saturated rings. The smallest absolute Gasteiger partial charge is 0.274 e. The van der Waals surface area contributed by atoms with Gasteiger partial charge in [-0.1, -0.05) is 12.1 Å². The van der Waals surface area contributed by atoms with Crippen molar-refractivity contribution in [3.63, 3.8) is 0 Å². The topological polar surface area (TPSA) is 109 Å². The number of hydrogen-bond acceptors (Lipinski definition) is 7. The van der Waals surface area contributed by atoms with E-state index >= 15 is 0 Å². The predicted molar refractivity (Wildman–Crippen MR) is 125 cm³/mol. The summed E-state index contributed by atoms with van der Waals surface area (Å²) in [5, 5.41) is 18.1. The quantitative estimate of drug-likeness (QED) is 0.455. The van der Waals surface area contributed by atoms with E-state index in [2.05, 4.69) is 25.4 Å². The molecule has 9 nitrogen and oxygen atoms in total. The molecule has 1 unspecified atom stereocenters. The van der Waals surface area contributed by atoms with Crippen molar-refractivity contribution in [1.82, 2.24) is 29.5 Å². The van der Waals surface area contributed by atoms with Crippen LogP contribution in [0.4, 0.5) is 5.82 Å². The van der Waals surface area contributed by atoms with Crippen molar-refractivity contribution >= 4 is 30.7 Å². The highest BCUT2D eigenvalue weighted by molar-refractivity contribution is 6.36. The molecule has 2 N–H and O–H groups in total. The fourth-order valence-electron chi connectivity index (χ4n) is 4.17. The summed E-state index contributed by atoms with van der Waals surface area (Å²) < 4.78 is 1.66. The number of anilines is 1. The lowest BCUT2D eigenvalue weighted by Crippen LogP contribution is -2.42. The van der Waals surface area contributed by atoms with Crippen LogP contribution >= 0.6 is 0 Å². The van der Waals surface area contributed by atoms with E-state index in [-0.39, 0.29) is 17.6 Å². The summed E-state index contributed by atoms with van der Waals surface area (Å²) in [5.74, 6) is 1.01. The Hall–Kier alpha value is -3.95. The normalized spacial score (nSPS) is 16.1. The molecule has 10 heteroatoms. The minimum Gasteiger partial charge on any atom is -0.507 e.